The van der Waals surface area contributed by atoms with E-state index < -0.39 is 11.2 Å². The summed E-state index contributed by atoms with van der Waals surface area (Å²) in [6, 6.07) is 4.45. The number of aldehydes is 1. The van der Waals surface area contributed by atoms with E-state index in [2.05, 4.69) is 0 Å². The van der Waals surface area contributed by atoms with Gasteiger partial charge in [0.2, 0.25) is 5.91 Å². The first kappa shape index (κ1) is 21.8. The zero-order valence-electron chi connectivity index (χ0n) is 16.2. The lowest BCUT2D eigenvalue weighted by molar-refractivity contribution is -0.386. The number of aliphatic hydroxyl groups is 1. The number of benzene rings is 1. The molecule has 0 spiro atoms. The maximum absolute atomic E-state index is 12.5. The lowest BCUT2D eigenvalue weighted by Gasteiger charge is -2.36. The highest BCUT2D eigenvalue weighted by Crippen LogP contribution is 2.30. The Bertz CT molecular complexity index is 685. The molecule has 1 amide bonds. The van der Waals surface area contributed by atoms with Gasteiger partial charge in [-0.2, -0.15) is 0 Å². The Balaban J connectivity index is 1.83. The van der Waals surface area contributed by atoms with Crippen LogP contribution in [0.15, 0.2) is 18.2 Å². The molecule has 1 aliphatic carbocycles. The summed E-state index contributed by atoms with van der Waals surface area (Å²) in [5.74, 6) is -0.0235. The van der Waals surface area contributed by atoms with Gasteiger partial charge in [-0.05, 0) is 44.7 Å². The molecule has 1 aliphatic rings. The summed E-state index contributed by atoms with van der Waals surface area (Å²) >= 11 is 0. The van der Waals surface area contributed by atoms with Crippen LogP contribution in [-0.4, -0.2) is 46.0 Å². The van der Waals surface area contributed by atoms with E-state index in [9.17, 15) is 24.8 Å². The van der Waals surface area contributed by atoms with E-state index in [-0.39, 0.29) is 35.6 Å². The van der Waals surface area contributed by atoms with Crippen molar-refractivity contribution in [3.63, 3.8) is 0 Å². The van der Waals surface area contributed by atoms with E-state index in [1.54, 1.807) is 11.8 Å². The summed E-state index contributed by atoms with van der Waals surface area (Å²) in [4.78, 5) is 35.6. The second kappa shape index (κ2) is 10.8. The number of nitro groups is 1. The molecule has 0 heterocycles. The first-order valence-electron chi connectivity index (χ1n) is 9.80. The number of hydrogen-bond acceptors (Lipinski definition) is 6. The van der Waals surface area contributed by atoms with E-state index in [1.807, 2.05) is 0 Å². The van der Waals surface area contributed by atoms with Crippen molar-refractivity contribution in [1.82, 2.24) is 4.90 Å². The van der Waals surface area contributed by atoms with Gasteiger partial charge in [0.25, 0.3) is 0 Å². The largest absolute Gasteiger partial charge is 0.487 e. The van der Waals surface area contributed by atoms with Gasteiger partial charge >= 0.3 is 5.69 Å². The Labute approximate surface area is 164 Å². The quantitative estimate of drug-likeness (QED) is 0.215. The van der Waals surface area contributed by atoms with Gasteiger partial charge in [0.15, 0.2) is 12.0 Å². The molecule has 0 aliphatic heterocycles. The Kier molecular flexibility index (Phi) is 8.38. The third-order valence-electron chi connectivity index (χ3n) is 5.04. The Morgan fingerprint density at radius 2 is 2.07 bits per heavy atom. The van der Waals surface area contributed by atoms with Crippen LogP contribution in [0.5, 0.6) is 5.75 Å². The highest BCUT2D eigenvalue weighted by atomic mass is 16.6. The summed E-state index contributed by atoms with van der Waals surface area (Å²) in [6.07, 6.45) is 6.19. The molecule has 0 radical (unpaired) electrons. The number of amides is 1. The smallest absolute Gasteiger partial charge is 0.321 e. The standard InChI is InChI=1S/C20H28N2O6/c1-15(24)21(17-9-3-2-4-10-17)19(25)12-5-6-13-28-18-11-7-8-16(14-23)20(18)22(26)27/h7-8,11,14-15,17,24H,2-6,9-10,12-13H2,1H3. The van der Waals surface area contributed by atoms with E-state index in [0.717, 1.165) is 25.7 Å². The van der Waals surface area contributed by atoms with Gasteiger partial charge in [0.1, 0.15) is 6.23 Å². The Morgan fingerprint density at radius 1 is 1.36 bits per heavy atom. The predicted molar refractivity (Wildman–Crippen MR) is 103 cm³/mol. The minimum Gasteiger partial charge on any atom is -0.487 e. The zero-order valence-corrected chi connectivity index (χ0v) is 16.2. The van der Waals surface area contributed by atoms with Gasteiger partial charge in [-0.25, -0.2) is 0 Å². The molecule has 28 heavy (non-hydrogen) atoms. The highest BCUT2D eigenvalue weighted by molar-refractivity contribution is 5.83. The summed E-state index contributed by atoms with van der Waals surface area (Å²) in [7, 11) is 0. The molecule has 1 aromatic rings. The molecular weight excluding hydrogens is 364 g/mol. The third kappa shape index (κ3) is 5.76. The van der Waals surface area contributed by atoms with E-state index in [1.165, 1.54) is 24.6 Å². The summed E-state index contributed by atoms with van der Waals surface area (Å²) in [6.45, 7) is 1.82. The van der Waals surface area contributed by atoms with Crippen molar-refractivity contribution < 1.29 is 24.4 Å². The topological polar surface area (TPSA) is 110 Å². The molecule has 1 atom stereocenters. The fourth-order valence-electron chi connectivity index (χ4n) is 3.71. The predicted octanol–water partition coefficient (Wildman–Crippen LogP) is 3.46. The second-order valence-electron chi connectivity index (χ2n) is 7.10. The van der Waals surface area contributed by atoms with Crippen LogP contribution in [0.2, 0.25) is 0 Å². The van der Waals surface area contributed by atoms with Gasteiger partial charge in [-0.1, -0.05) is 25.3 Å². The van der Waals surface area contributed by atoms with E-state index >= 15 is 0 Å². The van der Waals surface area contributed by atoms with Crippen LogP contribution in [0.1, 0.15) is 68.6 Å². The second-order valence-corrected chi connectivity index (χ2v) is 7.10. The lowest BCUT2D eigenvalue weighted by Crippen LogP contribution is -2.46. The van der Waals surface area contributed by atoms with Crippen LogP contribution in [0, 0.1) is 10.1 Å². The maximum Gasteiger partial charge on any atom is 0.321 e. The highest BCUT2D eigenvalue weighted by Gasteiger charge is 2.28. The molecule has 0 bridgehead atoms. The molecule has 8 nitrogen and oxygen atoms in total. The number of para-hydroxylation sites is 1. The van der Waals surface area contributed by atoms with Gasteiger partial charge < -0.3 is 14.7 Å². The van der Waals surface area contributed by atoms with Crippen molar-refractivity contribution in [2.24, 2.45) is 0 Å². The van der Waals surface area contributed by atoms with Crippen molar-refractivity contribution in [3.05, 3.63) is 33.9 Å². The van der Waals surface area contributed by atoms with E-state index in [4.69, 9.17) is 4.74 Å². The number of rotatable bonds is 10. The molecule has 1 saturated carbocycles. The average Bonchev–Trinajstić information content (AvgIpc) is 2.67. The molecule has 1 aromatic carbocycles. The number of hydrogen-bond donors (Lipinski definition) is 1. The number of unbranched alkanes of at least 4 members (excludes halogenated alkanes) is 1. The maximum atomic E-state index is 12.5. The van der Waals surface area contributed by atoms with Crippen LogP contribution in [0.3, 0.4) is 0 Å². The van der Waals surface area contributed by atoms with Crippen LogP contribution < -0.4 is 4.74 Å². The van der Waals surface area contributed by atoms with Gasteiger partial charge in [-0.15, -0.1) is 0 Å². The lowest BCUT2D eigenvalue weighted by atomic mass is 9.93. The number of carbonyl (C=O) groups excluding carboxylic acids is 2. The summed E-state index contributed by atoms with van der Waals surface area (Å²) in [5, 5.41) is 21.2. The molecule has 1 unspecified atom stereocenters. The first-order valence-corrected chi connectivity index (χ1v) is 9.80. The van der Waals surface area contributed by atoms with Gasteiger partial charge in [-0.3, -0.25) is 19.7 Å². The van der Waals surface area contributed by atoms with Crippen LogP contribution in [0.25, 0.3) is 0 Å². The number of ether oxygens (including phenoxy) is 1. The fourth-order valence-corrected chi connectivity index (χ4v) is 3.71. The zero-order chi connectivity index (χ0) is 20.5. The van der Waals surface area contributed by atoms with Crippen molar-refractivity contribution >= 4 is 17.9 Å². The molecule has 154 valence electrons. The molecular formula is C20H28N2O6. The summed E-state index contributed by atoms with van der Waals surface area (Å²) in [5.41, 5.74) is -0.371. The first-order chi connectivity index (χ1) is 13.5. The normalized spacial score (nSPS) is 15.6. The third-order valence-corrected chi connectivity index (χ3v) is 5.04. The van der Waals surface area contributed by atoms with Crippen LogP contribution in [-0.2, 0) is 4.79 Å². The van der Waals surface area contributed by atoms with E-state index in [0.29, 0.717) is 25.5 Å². The minimum atomic E-state index is -0.805. The van der Waals surface area contributed by atoms with Gasteiger partial charge in [0, 0.05) is 12.5 Å². The van der Waals surface area contributed by atoms with Crippen molar-refractivity contribution in [2.75, 3.05) is 6.61 Å². The monoisotopic (exact) mass is 392 g/mol. The van der Waals surface area contributed by atoms with Crippen molar-refractivity contribution in [1.29, 1.82) is 0 Å². The Hall–Kier alpha value is -2.48. The van der Waals surface area contributed by atoms with Crippen LogP contribution >= 0.6 is 0 Å². The minimum absolute atomic E-state index is 0.0299. The Morgan fingerprint density at radius 3 is 2.68 bits per heavy atom. The van der Waals surface area contributed by atoms with Crippen LogP contribution in [0.4, 0.5) is 5.69 Å². The SMILES string of the molecule is CC(O)N(C(=O)CCCCOc1cccc(C=O)c1[N+](=O)[O-])C1CCCCC1. The molecule has 1 N–H and O–H groups in total. The van der Waals surface area contributed by atoms with Gasteiger partial charge in [0.05, 0.1) is 17.1 Å². The summed E-state index contributed by atoms with van der Waals surface area (Å²) < 4.78 is 5.47. The number of nitrogens with zero attached hydrogens (tertiary/aromatic N) is 2. The van der Waals surface area contributed by atoms with Crippen molar-refractivity contribution in [2.45, 2.75) is 70.6 Å². The average molecular weight is 392 g/mol. The molecule has 0 saturated heterocycles. The fraction of sp³-hybridized carbons (Fsp3) is 0.600. The molecule has 0 aromatic heterocycles. The molecule has 2 rings (SSSR count). The molecule has 8 heteroatoms. The molecule has 1 fully saturated rings. The van der Waals surface area contributed by atoms with Crippen molar-refractivity contribution in [3.8, 4) is 5.75 Å². The number of nitro benzene ring substituents is 1. The number of carbonyl (C=O) groups is 2. The number of aliphatic hydroxyl groups excluding tert-OH is 1.